The Morgan fingerprint density at radius 2 is 1.65 bits per heavy atom. The summed E-state index contributed by atoms with van der Waals surface area (Å²) in [5.74, 6) is -0.654. The number of aliphatic hydroxyl groups excluding tert-OH is 1. The molecule has 0 unspecified atom stereocenters. The summed E-state index contributed by atoms with van der Waals surface area (Å²) in [4.78, 5) is 27.0. The van der Waals surface area contributed by atoms with E-state index in [-0.39, 0.29) is 18.0 Å². The lowest BCUT2D eigenvalue weighted by Gasteiger charge is -2.07. The van der Waals surface area contributed by atoms with Crippen LogP contribution in [0.5, 0.6) is 0 Å². The van der Waals surface area contributed by atoms with Gasteiger partial charge in [-0.2, -0.15) is 5.48 Å². The maximum Gasteiger partial charge on any atom is 0.332 e. The quantitative estimate of drug-likeness (QED) is 0.229. The molecule has 0 aliphatic rings. The first-order valence-corrected chi connectivity index (χ1v) is 10.4. The van der Waals surface area contributed by atoms with Crippen molar-refractivity contribution < 1.29 is 19.5 Å². The van der Waals surface area contributed by atoms with E-state index in [1.165, 1.54) is 19.3 Å². The van der Waals surface area contributed by atoms with Gasteiger partial charge in [0, 0.05) is 12.8 Å². The fourth-order valence-electron chi connectivity index (χ4n) is 2.59. The first kappa shape index (κ1) is 24.6. The van der Waals surface area contributed by atoms with Gasteiger partial charge in [0.15, 0.2) is 0 Å². The predicted molar refractivity (Wildman–Crippen MR) is 105 cm³/mol. The molecule has 0 rings (SSSR count). The Balaban J connectivity index is 3.37. The van der Waals surface area contributed by atoms with Gasteiger partial charge in [-0.1, -0.05) is 70.9 Å². The summed E-state index contributed by atoms with van der Waals surface area (Å²) in [6.45, 7) is 3.90. The van der Waals surface area contributed by atoms with Crippen molar-refractivity contribution in [2.24, 2.45) is 0 Å². The van der Waals surface area contributed by atoms with E-state index in [1.807, 2.05) is 0 Å². The summed E-state index contributed by atoms with van der Waals surface area (Å²) in [5.41, 5.74) is 2.12. The van der Waals surface area contributed by atoms with Crippen LogP contribution in [0, 0.1) is 0 Å². The zero-order valence-corrected chi connectivity index (χ0v) is 16.8. The topological polar surface area (TPSA) is 75.6 Å². The molecule has 0 saturated heterocycles. The van der Waals surface area contributed by atoms with Gasteiger partial charge in [0.05, 0.1) is 6.10 Å². The molecule has 0 radical (unpaired) electrons. The number of nitrogens with one attached hydrogen (secondary N) is 1. The molecule has 2 N–H and O–H groups in total. The normalized spacial score (nSPS) is 12.3. The van der Waals surface area contributed by atoms with Gasteiger partial charge in [-0.15, -0.1) is 0 Å². The van der Waals surface area contributed by atoms with Gasteiger partial charge < -0.3 is 9.94 Å². The van der Waals surface area contributed by atoms with Crippen LogP contribution in [0.2, 0.25) is 0 Å². The number of unbranched alkanes of at least 4 members (excludes halogenated alkanes) is 8. The van der Waals surface area contributed by atoms with Crippen molar-refractivity contribution in [2.45, 2.75) is 110 Å². The van der Waals surface area contributed by atoms with Crippen molar-refractivity contribution >= 4 is 11.9 Å². The van der Waals surface area contributed by atoms with Gasteiger partial charge in [-0.3, -0.25) is 4.79 Å². The number of hydroxylamine groups is 1. The number of hydrogen-bond acceptors (Lipinski definition) is 4. The van der Waals surface area contributed by atoms with Gasteiger partial charge in [-0.25, -0.2) is 4.79 Å². The number of hydrogen-bond donors (Lipinski definition) is 2. The zero-order chi connectivity index (χ0) is 19.5. The molecule has 0 aromatic rings. The van der Waals surface area contributed by atoms with E-state index in [9.17, 15) is 14.7 Å². The number of aliphatic hydroxyl groups is 1. The lowest BCUT2D eigenvalue weighted by Crippen LogP contribution is -2.25. The second-order valence-corrected chi connectivity index (χ2v) is 6.87. The van der Waals surface area contributed by atoms with Crippen LogP contribution in [0.25, 0.3) is 0 Å². The van der Waals surface area contributed by atoms with Crippen molar-refractivity contribution in [1.82, 2.24) is 5.48 Å². The first-order valence-electron chi connectivity index (χ1n) is 10.4. The number of allylic oxidation sites excluding steroid dienone is 1. The van der Waals surface area contributed by atoms with E-state index in [0.29, 0.717) is 12.8 Å². The summed E-state index contributed by atoms with van der Waals surface area (Å²) in [7, 11) is 0. The fraction of sp³-hybridized carbons (Fsp3) is 0.810. The highest BCUT2D eigenvalue weighted by Crippen LogP contribution is 2.10. The number of amides is 1. The molecule has 0 aromatic carbocycles. The number of rotatable bonds is 16. The Morgan fingerprint density at radius 3 is 2.38 bits per heavy atom. The molecule has 0 aliphatic heterocycles. The van der Waals surface area contributed by atoms with Crippen LogP contribution in [0.4, 0.5) is 0 Å². The summed E-state index contributed by atoms with van der Waals surface area (Å²) < 4.78 is 0. The highest BCUT2D eigenvalue weighted by Gasteiger charge is 2.05. The molecule has 0 saturated carbocycles. The monoisotopic (exact) mass is 369 g/mol. The highest BCUT2D eigenvalue weighted by molar-refractivity contribution is 5.77. The molecular weight excluding hydrogens is 330 g/mol. The van der Waals surface area contributed by atoms with Gasteiger partial charge >= 0.3 is 5.97 Å². The van der Waals surface area contributed by atoms with Crippen LogP contribution >= 0.6 is 0 Å². The van der Waals surface area contributed by atoms with Crippen molar-refractivity contribution in [3.05, 3.63) is 12.2 Å². The highest BCUT2D eigenvalue weighted by atomic mass is 16.7. The van der Waals surface area contributed by atoms with Crippen molar-refractivity contribution in [1.29, 1.82) is 0 Å². The van der Waals surface area contributed by atoms with Crippen molar-refractivity contribution in [2.75, 3.05) is 0 Å². The van der Waals surface area contributed by atoms with Crippen LogP contribution in [-0.4, -0.2) is 23.1 Å². The van der Waals surface area contributed by atoms with Crippen molar-refractivity contribution in [3.63, 3.8) is 0 Å². The number of carbonyl (C=O) groups excluding carboxylic acids is 2. The summed E-state index contributed by atoms with van der Waals surface area (Å²) in [6.07, 6.45) is 17.5. The van der Waals surface area contributed by atoms with E-state index < -0.39 is 0 Å². The molecule has 5 heteroatoms. The smallest absolute Gasteiger partial charge is 0.332 e. The average Bonchev–Trinajstić information content (AvgIpc) is 2.64. The molecule has 0 aliphatic carbocycles. The molecular formula is C21H39NO4. The predicted octanol–water partition coefficient (Wildman–Crippen LogP) is 4.98. The van der Waals surface area contributed by atoms with Crippen LogP contribution in [0.15, 0.2) is 12.2 Å². The van der Waals surface area contributed by atoms with E-state index in [4.69, 9.17) is 0 Å². The number of carbonyl (C=O) groups is 2. The van der Waals surface area contributed by atoms with Crippen molar-refractivity contribution in [3.8, 4) is 0 Å². The van der Waals surface area contributed by atoms with Gasteiger partial charge in [0.25, 0.3) is 5.91 Å². The standard InChI is InChI=1S/C21H39NO4/c1-3-5-6-13-16-19(23)17-14-11-9-7-8-10-12-15-18-21(25)26-22-20(24)4-2/h11,14,19,23H,3-10,12-13,15-18H2,1-2H3,(H,22,24)/b14-11-/t19-/m1/s1. The molecule has 5 nitrogen and oxygen atoms in total. The Kier molecular flexibility index (Phi) is 17.5. The maximum atomic E-state index is 11.4. The van der Waals surface area contributed by atoms with E-state index in [0.717, 1.165) is 57.8 Å². The van der Waals surface area contributed by atoms with Crippen LogP contribution in [0.1, 0.15) is 104 Å². The molecule has 0 aromatic heterocycles. The lowest BCUT2D eigenvalue weighted by molar-refractivity contribution is -0.158. The largest absolute Gasteiger partial charge is 0.393 e. The maximum absolute atomic E-state index is 11.4. The molecule has 1 amide bonds. The average molecular weight is 370 g/mol. The Bertz CT molecular complexity index is 382. The summed E-state index contributed by atoms with van der Waals surface area (Å²) in [5, 5.41) is 9.86. The molecule has 0 spiro atoms. The van der Waals surface area contributed by atoms with E-state index in [2.05, 4.69) is 29.4 Å². The van der Waals surface area contributed by atoms with Gasteiger partial charge in [0.2, 0.25) is 0 Å². The van der Waals surface area contributed by atoms with Crippen LogP contribution < -0.4 is 5.48 Å². The fourth-order valence-corrected chi connectivity index (χ4v) is 2.59. The minimum Gasteiger partial charge on any atom is -0.393 e. The SMILES string of the molecule is CCCCCC[C@@H](O)C/C=C\CCCCCCCC(=O)ONC(=O)CC. The second-order valence-electron chi connectivity index (χ2n) is 6.87. The third-order valence-electron chi connectivity index (χ3n) is 4.32. The lowest BCUT2D eigenvalue weighted by atomic mass is 10.1. The summed E-state index contributed by atoms with van der Waals surface area (Å²) >= 11 is 0. The Labute approximate surface area is 159 Å². The summed E-state index contributed by atoms with van der Waals surface area (Å²) in [6, 6.07) is 0. The molecule has 1 atom stereocenters. The van der Waals surface area contributed by atoms with E-state index >= 15 is 0 Å². The first-order chi connectivity index (χ1) is 12.6. The third-order valence-corrected chi connectivity index (χ3v) is 4.32. The Hall–Kier alpha value is -1.36. The molecule has 26 heavy (non-hydrogen) atoms. The Morgan fingerprint density at radius 1 is 0.962 bits per heavy atom. The second kappa shape index (κ2) is 18.4. The third kappa shape index (κ3) is 17.5. The molecule has 0 bridgehead atoms. The van der Waals surface area contributed by atoms with Gasteiger partial charge in [-0.05, 0) is 32.1 Å². The van der Waals surface area contributed by atoms with Crippen LogP contribution in [-0.2, 0) is 14.4 Å². The molecule has 0 heterocycles. The van der Waals surface area contributed by atoms with Gasteiger partial charge in [0.1, 0.15) is 0 Å². The molecule has 152 valence electrons. The minimum atomic E-state index is -0.372. The van der Waals surface area contributed by atoms with E-state index in [1.54, 1.807) is 6.92 Å². The minimum absolute atomic E-state index is 0.190. The zero-order valence-electron chi connectivity index (χ0n) is 16.8. The van der Waals surface area contributed by atoms with Crippen LogP contribution in [0.3, 0.4) is 0 Å². The molecule has 0 fully saturated rings.